The van der Waals surface area contributed by atoms with Crippen molar-refractivity contribution in [1.29, 1.82) is 0 Å². The van der Waals surface area contributed by atoms with Crippen molar-refractivity contribution in [3.63, 3.8) is 0 Å². The predicted octanol–water partition coefficient (Wildman–Crippen LogP) is -0.785. The summed E-state index contributed by atoms with van der Waals surface area (Å²) < 4.78 is 44.2. The van der Waals surface area contributed by atoms with E-state index in [9.17, 15) is 27.0 Å². The highest BCUT2D eigenvalue weighted by atomic mass is 32.2. The summed E-state index contributed by atoms with van der Waals surface area (Å²) in [4.78, 5) is 0. The number of aliphatic hydroxyl groups excluding tert-OH is 2. The van der Waals surface area contributed by atoms with Gasteiger partial charge in [0.1, 0.15) is 0 Å². The lowest BCUT2D eigenvalue weighted by molar-refractivity contribution is 0.105. The van der Waals surface area contributed by atoms with E-state index < -0.39 is 43.4 Å². The molecule has 0 aromatic heterocycles. The molecule has 0 amide bonds. The van der Waals surface area contributed by atoms with Crippen molar-refractivity contribution in [2.24, 2.45) is 0 Å². The Labute approximate surface area is 101 Å². The lowest BCUT2D eigenvalue weighted by atomic mass is 10.2. The van der Waals surface area contributed by atoms with Crippen LogP contribution >= 0.6 is 0 Å². The maximum atomic E-state index is 11.0. The normalized spacial score (nSPS) is 16.1. The average molecular weight is 284 g/mol. The van der Waals surface area contributed by atoms with Crippen LogP contribution in [0.2, 0.25) is 0 Å². The first-order valence-electron chi connectivity index (χ1n) is 4.68. The zero-order valence-electron chi connectivity index (χ0n) is 9.19. The molecule has 0 aliphatic rings. The van der Waals surface area contributed by atoms with Gasteiger partial charge in [-0.05, 0) is 0 Å². The maximum absolute atomic E-state index is 11.0. The van der Waals surface area contributed by atoms with Crippen LogP contribution in [0, 0.1) is 0 Å². The SMILES string of the molecule is C=CS(=O)(=O)CC(O)CC(O)CS(=O)(=O)C=C. The van der Waals surface area contributed by atoms with Crippen molar-refractivity contribution >= 4 is 19.7 Å². The number of hydrogen-bond acceptors (Lipinski definition) is 6. The Morgan fingerprint density at radius 1 is 0.882 bits per heavy atom. The molecule has 0 aromatic rings. The van der Waals surface area contributed by atoms with E-state index in [0.29, 0.717) is 10.8 Å². The highest BCUT2D eigenvalue weighted by molar-refractivity contribution is 7.94. The van der Waals surface area contributed by atoms with E-state index in [-0.39, 0.29) is 6.42 Å². The summed E-state index contributed by atoms with van der Waals surface area (Å²) in [5, 5.41) is 20.1. The largest absolute Gasteiger partial charge is 0.392 e. The van der Waals surface area contributed by atoms with Crippen LogP contribution in [0.5, 0.6) is 0 Å². The molecule has 2 atom stereocenters. The molecule has 0 saturated heterocycles. The molecule has 0 saturated carbocycles. The standard InChI is InChI=1S/C9H16O6S2/c1-3-16(12,13)6-8(10)5-9(11)7-17(14,15)4-2/h3-4,8-11H,1-2,5-7H2. The third kappa shape index (κ3) is 7.27. The quantitative estimate of drug-likeness (QED) is 0.605. The van der Waals surface area contributed by atoms with E-state index in [4.69, 9.17) is 0 Å². The highest BCUT2D eigenvalue weighted by Gasteiger charge is 2.21. The van der Waals surface area contributed by atoms with E-state index >= 15 is 0 Å². The maximum Gasteiger partial charge on any atom is 0.173 e. The second-order valence-electron chi connectivity index (χ2n) is 3.54. The van der Waals surface area contributed by atoms with Crippen LogP contribution in [0.25, 0.3) is 0 Å². The lowest BCUT2D eigenvalue weighted by Crippen LogP contribution is -2.28. The Balaban J connectivity index is 4.36. The van der Waals surface area contributed by atoms with Crippen LogP contribution in [0.1, 0.15) is 6.42 Å². The van der Waals surface area contributed by atoms with Crippen LogP contribution in [0.3, 0.4) is 0 Å². The first kappa shape index (κ1) is 16.3. The van der Waals surface area contributed by atoms with E-state index in [0.717, 1.165) is 0 Å². The second kappa shape index (κ2) is 6.29. The van der Waals surface area contributed by atoms with Crippen LogP contribution in [-0.2, 0) is 19.7 Å². The van der Waals surface area contributed by atoms with Crippen molar-refractivity contribution in [2.75, 3.05) is 11.5 Å². The smallest absolute Gasteiger partial charge is 0.173 e. The zero-order chi connectivity index (χ0) is 13.7. The molecule has 0 aliphatic heterocycles. The molecule has 0 heterocycles. The molecule has 2 unspecified atom stereocenters. The van der Waals surface area contributed by atoms with Crippen molar-refractivity contribution in [3.8, 4) is 0 Å². The summed E-state index contributed by atoms with van der Waals surface area (Å²) in [6.45, 7) is 6.13. The van der Waals surface area contributed by atoms with Crippen molar-refractivity contribution in [1.82, 2.24) is 0 Å². The summed E-state index contributed by atoms with van der Waals surface area (Å²) in [7, 11) is -7.16. The molecule has 0 fully saturated rings. The third-order valence-electron chi connectivity index (χ3n) is 1.90. The second-order valence-corrected chi connectivity index (χ2v) is 7.52. The Morgan fingerprint density at radius 2 is 1.18 bits per heavy atom. The van der Waals surface area contributed by atoms with Crippen LogP contribution in [0.4, 0.5) is 0 Å². The molecular weight excluding hydrogens is 268 g/mol. The minimum atomic E-state index is -3.58. The van der Waals surface area contributed by atoms with Gasteiger partial charge in [0.05, 0.1) is 23.7 Å². The Bertz CT molecular complexity index is 418. The fourth-order valence-electron chi connectivity index (χ4n) is 1.12. The van der Waals surface area contributed by atoms with Gasteiger partial charge in [-0.25, -0.2) is 16.8 Å². The van der Waals surface area contributed by atoms with Crippen molar-refractivity contribution < 1.29 is 27.0 Å². The molecule has 2 N–H and O–H groups in total. The third-order valence-corrected chi connectivity index (χ3v) is 4.62. The number of rotatable bonds is 8. The van der Waals surface area contributed by atoms with Gasteiger partial charge in [0.2, 0.25) is 0 Å². The minimum absolute atomic E-state index is 0.347. The van der Waals surface area contributed by atoms with Gasteiger partial charge in [-0.1, -0.05) is 13.2 Å². The molecule has 100 valence electrons. The van der Waals surface area contributed by atoms with Crippen molar-refractivity contribution in [3.05, 3.63) is 24.0 Å². The monoisotopic (exact) mass is 284 g/mol. The number of hydrogen-bond donors (Lipinski definition) is 2. The van der Waals surface area contributed by atoms with Crippen LogP contribution in [0.15, 0.2) is 24.0 Å². The summed E-state index contributed by atoms with van der Waals surface area (Å²) in [5.41, 5.74) is 0. The number of aliphatic hydroxyl groups is 2. The molecule has 8 heteroatoms. The first-order valence-corrected chi connectivity index (χ1v) is 8.11. The molecule has 0 rings (SSSR count). The minimum Gasteiger partial charge on any atom is -0.392 e. The van der Waals surface area contributed by atoms with Gasteiger partial charge in [-0.15, -0.1) is 0 Å². The highest BCUT2D eigenvalue weighted by Crippen LogP contribution is 2.06. The van der Waals surface area contributed by atoms with Crippen molar-refractivity contribution in [2.45, 2.75) is 18.6 Å². The molecule has 17 heavy (non-hydrogen) atoms. The molecule has 0 radical (unpaired) electrons. The summed E-state index contributed by atoms with van der Waals surface area (Å²) >= 11 is 0. The molecule has 0 spiro atoms. The molecular formula is C9H16O6S2. The lowest BCUT2D eigenvalue weighted by Gasteiger charge is -2.14. The topological polar surface area (TPSA) is 109 Å². The molecule has 0 aliphatic carbocycles. The van der Waals surface area contributed by atoms with Gasteiger partial charge in [0, 0.05) is 17.2 Å². The first-order chi connectivity index (χ1) is 7.62. The van der Waals surface area contributed by atoms with Crippen LogP contribution < -0.4 is 0 Å². The summed E-state index contributed by atoms with van der Waals surface area (Å²) in [5.74, 6) is -1.19. The summed E-state index contributed by atoms with van der Waals surface area (Å²) in [6.07, 6.45) is -3.03. The predicted molar refractivity (Wildman–Crippen MR) is 64.6 cm³/mol. The van der Waals surface area contributed by atoms with E-state index in [1.54, 1.807) is 0 Å². The van der Waals surface area contributed by atoms with Gasteiger partial charge in [-0.3, -0.25) is 0 Å². The zero-order valence-corrected chi connectivity index (χ0v) is 10.8. The Morgan fingerprint density at radius 3 is 1.41 bits per heavy atom. The van der Waals surface area contributed by atoms with Gasteiger partial charge >= 0.3 is 0 Å². The number of sulfone groups is 2. The molecule has 6 nitrogen and oxygen atoms in total. The summed E-state index contributed by atoms with van der Waals surface area (Å²) in [6, 6.07) is 0. The fraction of sp³-hybridized carbons (Fsp3) is 0.556. The molecule has 0 aromatic carbocycles. The van der Waals surface area contributed by atoms with Gasteiger partial charge in [0.15, 0.2) is 19.7 Å². The van der Waals surface area contributed by atoms with Gasteiger partial charge < -0.3 is 10.2 Å². The Hall–Kier alpha value is -0.700. The van der Waals surface area contributed by atoms with E-state index in [1.807, 2.05) is 0 Å². The Kier molecular flexibility index (Phi) is 6.03. The van der Waals surface area contributed by atoms with Crippen LogP contribution in [-0.4, -0.2) is 50.8 Å². The fourth-order valence-corrected chi connectivity index (χ4v) is 2.74. The molecule has 0 bridgehead atoms. The van der Waals surface area contributed by atoms with Gasteiger partial charge in [-0.2, -0.15) is 0 Å². The van der Waals surface area contributed by atoms with E-state index in [1.165, 1.54) is 0 Å². The average Bonchev–Trinajstić information content (AvgIpc) is 2.15. The van der Waals surface area contributed by atoms with Gasteiger partial charge in [0.25, 0.3) is 0 Å². The van der Waals surface area contributed by atoms with E-state index in [2.05, 4.69) is 13.2 Å².